The lowest BCUT2D eigenvalue weighted by Gasteiger charge is -2.01. The van der Waals surface area contributed by atoms with Gasteiger partial charge in [0.25, 0.3) is 11.8 Å². The molecule has 0 aliphatic carbocycles. The number of carbonyl (C=O) groups is 2. The lowest BCUT2D eigenvalue weighted by atomic mass is 10.1. The zero-order chi connectivity index (χ0) is 16.4. The second-order valence-corrected chi connectivity index (χ2v) is 4.26. The zero-order valence-corrected chi connectivity index (χ0v) is 12.2. The maximum atomic E-state index is 11.9. The molecule has 0 heterocycles. The Kier molecular flexibility index (Phi) is 6.91. The van der Waals surface area contributed by atoms with Crippen molar-refractivity contribution >= 4 is 24.1 Å². The lowest BCUT2D eigenvalue weighted by molar-refractivity contribution is -0.116. The maximum absolute atomic E-state index is 11.9. The molecule has 0 fully saturated rings. The largest absolute Gasteiger partial charge is 0.271 e. The fourth-order valence-corrected chi connectivity index (χ4v) is 1.37. The first-order chi connectivity index (χ1) is 10.6. The van der Waals surface area contributed by atoms with Crippen molar-refractivity contribution < 1.29 is 9.59 Å². The highest BCUT2D eigenvalue weighted by atomic mass is 16.3. The minimum Gasteiger partial charge on any atom is -0.268 e. The lowest BCUT2D eigenvalue weighted by Crippen LogP contribution is -2.17. The molecule has 1 aromatic rings. The summed E-state index contributed by atoms with van der Waals surface area (Å²) in [6.07, 6.45) is 6.01. The minimum absolute atomic E-state index is 0.366. The van der Waals surface area contributed by atoms with Gasteiger partial charge in [-0.25, -0.2) is 10.9 Å². The Morgan fingerprint density at radius 2 is 2.00 bits per heavy atom. The molecule has 0 saturated carbocycles. The Labute approximate surface area is 127 Å². The van der Waals surface area contributed by atoms with Gasteiger partial charge in [0.05, 0.1) is 5.29 Å². The SMILES string of the molecule is CC=C(C)C=NNC(=O)c1cccc(C=CC(=O)NN=O)c1. The van der Waals surface area contributed by atoms with E-state index in [9.17, 15) is 14.5 Å². The van der Waals surface area contributed by atoms with Crippen molar-refractivity contribution in [1.29, 1.82) is 0 Å². The molecule has 0 aromatic heterocycles. The van der Waals surface area contributed by atoms with Crippen molar-refractivity contribution in [2.24, 2.45) is 10.4 Å². The summed E-state index contributed by atoms with van der Waals surface area (Å²) in [5, 5.41) is 6.09. The van der Waals surface area contributed by atoms with Gasteiger partial charge in [0.15, 0.2) is 0 Å². The average Bonchev–Trinajstić information content (AvgIpc) is 2.53. The molecule has 0 bridgehead atoms. The van der Waals surface area contributed by atoms with Crippen LogP contribution in [0.5, 0.6) is 0 Å². The Balaban J connectivity index is 2.75. The monoisotopic (exact) mass is 300 g/mol. The van der Waals surface area contributed by atoms with Crippen molar-refractivity contribution in [3.8, 4) is 0 Å². The molecule has 1 aromatic carbocycles. The van der Waals surface area contributed by atoms with Crippen LogP contribution < -0.4 is 10.9 Å². The molecule has 1 rings (SSSR count). The topological polar surface area (TPSA) is 100.0 Å². The van der Waals surface area contributed by atoms with Crippen LogP contribution in [0.1, 0.15) is 29.8 Å². The van der Waals surface area contributed by atoms with E-state index in [2.05, 4.69) is 15.8 Å². The van der Waals surface area contributed by atoms with Crippen LogP contribution in [-0.2, 0) is 4.79 Å². The predicted molar refractivity (Wildman–Crippen MR) is 84.8 cm³/mol. The highest BCUT2D eigenvalue weighted by Crippen LogP contribution is 2.07. The quantitative estimate of drug-likeness (QED) is 0.364. The molecule has 114 valence electrons. The van der Waals surface area contributed by atoms with Crippen LogP contribution in [0, 0.1) is 4.91 Å². The molecule has 2 N–H and O–H groups in total. The second kappa shape index (κ2) is 8.96. The van der Waals surface area contributed by atoms with Gasteiger partial charge in [0.2, 0.25) is 0 Å². The van der Waals surface area contributed by atoms with Gasteiger partial charge < -0.3 is 0 Å². The number of hydrazone groups is 1. The maximum Gasteiger partial charge on any atom is 0.271 e. The van der Waals surface area contributed by atoms with Crippen LogP contribution in [0.15, 0.2) is 52.4 Å². The molecule has 7 nitrogen and oxygen atoms in total. The molecule has 0 aliphatic heterocycles. The van der Waals surface area contributed by atoms with Crippen molar-refractivity contribution in [2.75, 3.05) is 0 Å². The third-order valence-electron chi connectivity index (χ3n) is 2.62. The normalized spacial score (nSPS) is 11.6. The summed E-state index contributed by atoms with van der Waals surface area (Å²) in [6.45, 7) is 3.73. The second-order valence-electron chi connectivity index (χ2n) is 4.26. The fraction of sp³-hybridized carbons (Fsp3) is 0.133. The summed E-state index contributed by atoms with van der Waals surface area (Å²) in [5.41, 5.74) is 6.09. The average molecular weight is 300 g/mol. The van der Waals surface area contributed by atoms with E-state index in [1.165, 1.54) is 6.08 Å². The first-order valence-corrected chi connectivity index (χ1v) is 6.43. The van der Waals surface area contributed by atoms with E-state index >= 15 is 0 Å². The van der Waals surface area contributed by atoms with Gasteiger partial charge in [-0.15, -0.1) is 4.91 Å². The molecule has 0 unspecified atom stereocenters. The number of nitrogens with one attached hydrogen (secondary N) is 2. The van der Waals surface area contributed by atoms with Gasteiger partial charge in [0, 0.05) is 17.9 Å². The van der Waals surface area contributed by atoms with Crippen LogP contribution in [0.25, 0.3) is 6.08 Å². The van der Waals surface area contributed by atoms with Crippen LogP contribution >= 0.6 is 0 Å². The standard InChI is InChI=1S/C15H16N4O3/c1-3-11(2)10-16-18-15(21)13-6-4-5-12(9-13)7-8-14(20)17-19-22/h3-10H,1-2H3,(H,18,21)(H,17,20,22). The molecule has 22 heavy (non-hydrogen) atoms. The van der Waals surface area contributed by atoms with Crippen LogP contribution in [0.3, 0.4) is 0 Å². The third-order valence-corrected chi connectivity index (χ3v) is 2.62. The van der Waals surface area contributed by atoms with Gasteiger partial charge in [-0.2, -0.15) is 5.10 Å². The molecule has 7 heteroatoms. The number of allylic oxidation sites excluding steroid dienone is 2. The molecule has 0 spiro atoms. The molecule has 0 saturated heterocycles. The summed E-state index contributed by atoms with van der Waals surface area (Å²) in [6, 6.07) is 6.59. The molecule has 2 amide bonds. The molecule has 0 radical (unpaired) electrons. The summed E-state index contributed by atoms with van der Waals surface area (Å²) < 4.78 is 0. The number of amides is 2. The molecule has 0 atom stereocenters. The minimum atomic E-state index is -0.642. The predicted octanol–water partition coefficient (Wildman–Crippen LogP) is 2.18. The van der Waals surface area contributed by atoms with Gasteiger partial charge in [0.1, 0.15) is 0 Å². The summed E-state index contributed by atoms with van der Waals surface area (Å²) in [4.78, 5) is 32.8. The number of rotatable bonds is 6. The van der Waals surface area contributed by atoms with Gasteiger partial charge in [-0.05, 0) is 43.2 Å². The number of nitrogens with zero attached hydrogens (tertiary/aromatic N) is 2. The number of nitroso groups, excluding NO2 is 1. The van der Waals surface area contributed by atoms with E-state index < -0.39 is 5.91 Å². The Morgan fingerprint density at radius 3 is 2.68 bits per heavy atom. The number of benzene rings is 1. The van der Waals surface area contributed by atoms with Crippen LogP contribution in [0.4, 0.5) is 0 Å². The van der Waals surface area contributed by atoms with E-state index in [0.717, 1.165) is 11.6 Å². The highest BCUT2D eigenvalue weighted by molar-refractivity contribution is 5.96. The van der Waals surface area contributed by atoms with Crippen LogP contribution in [0.2, 0.25) is 0 Å². The van der Waals surface area contributed by atoms with E-state index in [0.29, 0.717) is 11.1 Å². The number of carbonyl (C=O) groups excluding carboxylic acids is 2. The van der Waals surface area contributed by atoms with E-state index in [1.807, 2.05) is 19.9 Å². The van der Waals surface area contributed by atoms with Crippen molar-refractivity contribution in [1.82, 2.24) is 10.9 Å². The smallest absolute Gasteiger partial charge is 0.268 e. The third kappa shape index (κ3) is 5.91. The van der Waals surface area contributed by atoms with E-state index in [4.69, 9.17) is 0 Å². The summed E-state index contributed by atoms with van der Waals surface area (Å²) in [5.74, 6) is -1.01. The summed E-state index contributed by atoms with van der Waals surface area (Å²) in [7, 11) is 0. The van der Waals surface area contributed by atoms with Crippen LogP contribution in [-0.4, -0.2) is 18.0 Å². The van der Waals surface area contributed by atoms with Crippen molar-refractivity contribution in [2.45, 2.75) is 13.8 Å². The number of hydrogen-bond acceptors (Lipinski definition) is 5. The summed E-state index contributed by atoms with van der Waals surface area (Å²) >= 11 is 0. The Bertz CT molecular complexity index is 648. The van der Waals surface area contributed by atoms with E-state index in [-0.39, 0.29) is 5.91 Å². The first kappa shape index (κ1) is 17.0. The Morgan fingerprint density at radius 1 is 1.23 bits per heavy atom. The number of hydrogen-bond donors (Lipinski definition) is 2. The zero-order valence-electron chi connectivity index (χ0n) is 12.2. The molecular formula is C15H16N4O3. The van der Waals surface area contributed by atoms with E-state index in [1.54, 1.807) is 35.9 Å². The molecular weight excluding hydrogens is 284 g/mol. The van der Waals surface area contributed by atoms with Gasteiger partial charge >= 0.3 is 0 Å². The highest BCUT2D eigenvalue weighted by Gasteiger charge is 2.04. The van der Waals surface area contributed by atoms with Gasteiger partial charge in [-0.3, -0.25) is 9.59 Å². The first-order valence-electron chi connectivity index (χ1n) is 6.43. The van der Waals surface area contributed by atoms with Crippen molar-refractivity contribution in [3.63, 3.8) is 0 Å². The van der Waals surface area contributed by atoms with Crippen molar-refractivity contribution in [3.05, 3.63) is 58.0 Å². The van der Waals surface area contributed by atoms with Gasteiger partial charge in [-0.1, -0.05) is 18.2 Å². The molecule has 0 aliphatic rings. The fourth-order valence-electron chi connectivity index (χ4n) is 1.37. The Hall–Kier alpha value is -3.09.